The molecule has 2 nitrogen and oxygen atoms in total. The maximum Gasteiger partial charge on any atom is 0.159 e. The second kappa shape index (κ2) is 5.31. The fourth-order valence-electron chi connectivity index (χ4n) is 1.55. The van der Waals surface area contributed by atoms with E-state index in [1.165, 1.54) is 0 Å². The lowest BCUT2D eigenvalue weighted by atomic mass is 10.1. The van der Waals surface area contributed by atoms with Crippen molar-refractivity contribution in [2.75, 3.05) is 18.0 Å². The molecule has 0 radical (unpaired) electrons. The number of benzene rings is 1. The van der Waals surface area contributed by atoms with Gasteiger partial charge in [-0.1, -0.05) is 0 Å². The van der Waals surface area contributed by atoms with Crippen LogP contribution in [0.15, 0.2) is 22.7 Å². The molecule has 0 bridgehead atoms. The molecule has 0 saturated carbocycles. The smallest absolute Gasteiger partial charge is 0.159 e. The molecule has 0 heterocycles. The van der Waals surface area contributed by atoms with Crippen LogP contribution in [0.25, 0.3) is 0 Å². The van der Waals surface area contributed by atoms with Crippen LogP contribution in [0.2, 0.25) is 0 Å². The summed E-state index contributed by atoms with van der Waals surface area (Å²) in [6.07, 6.45) is 0. The van der Waals surface area contributed by atoms with E-state index in [0.29, 0.717) is 0 Å². The molecule has 0 spiro atoms. The molecule has 1 aromatic rings. The summed E-state index contributed by atoms with van der Waals surface area (Å²) in [5, 5.41) is 0. The summed E-state index contributed by atoms with van der Waals surface area (Å²) in [7, 11) is 0. The quantitative estimate of drug-likeness (QED) is 0.780. The molecular formula is C12H16BrNO. The van der Waals surface area contributed by atoms with Gasteiger partial charge in [-0.05, 0) is 54.9 Å². The van der Waals surface area contributed by atoms with Crippen molar-refractivity contribution in [1.82, 2.24) is 0 Å². The average molecular weight is 270 g/mol. The van der Waals surface area contributed by atoms with Crippen molar-refractivity contribution in [3.8, 4) is 0 Å². The first-order valence-corrected chi connectivity index (χ1v) is 5.94. The highest BCUT2D eigenvalue weighted by Gasteiger charge is 2.08. The number of carbonyl (C=O) groups is 1. The van der Waals surface area contributed by atoms with E-state index in [1.807, 2.05) is 18.2 Å². The zero-order chi connectivity index (χ0) is 11.4. The van der Waals surface area contributed by atoms with Gasteiger partial charge in [-0.2, -0.15) is 0 Å². The van der Waals surface area contributed by atoms with Crippen molar-refractivity contribution < 1.29 is 4.79 Å². The monoisotopic (exact) mass is 269 g/mol. The number of hydrogen-bond donors (Lipinski definition) is 0. The Bertz CT molecular complexity index is 359. The molecular weight excluding hydrogens is 254 g/mol. The highest BCUT2D eigenvalue weighted by atomic mass is 79.9. The summed E-state index contributed by atoms with van der Waals surface area (Å²) in [5.41, 5.74) is 1.89. The lowest BCUT2D eigenvalue weighted by molar-refractivity contribution is 0.101. The number of carbonyl (C=O) groups excluding carboxylic acids is 1. The number of anilines is 1. The predicted molar refractivity (Wildman–Crippen MR) is 67.7 cm³/mol. The van der Waals surface area contributed by atoms with Gasteiger partial charge in [0.25, 0.3) is 0 Å². The van der Waals surface area contributed by atoms with Gasteiger partial charge in [-0.15, -0.1) is 0 Å². The molecule has 0 amide bonds. The molecule has 82 valence electrons. The summed E-state index contributed by atoms with van der Waals surface area (Å²) in [4.78, 5) is 13.4. The maximum atomic E-state index is 11.2. The number of Topliss-reactive ketones (excluding diaryl/α,β-unsaturated/α-hetero) is 1. The topological polar surface area (TPSA) is 20.3 Å². The van der Waals surface area contributed by atoms with Crippen LogP contribution in [0.4, 0.5) is 5.69 Å². The van der Waals surface area contributed by atoms with E-state index < -0.39 is 0 Å². The Hall–Kier alpha value is -0.830. The van der Waals surface area contributed by atoms with Gasteiger partial charge >= 0.3 is 0 Å². The Morgan fingerprint density at radius 1 is 1.33 bits per heavy atom. The fourth-order valence-corrected chi connectivity index (χ4v) is 2.18. The molecule has 3 heteroatoms. The molecule has 15 heavy (non-hydrogen) atoms. The van der Waals surface area contributed by atoms with E-state index in [4.69, 9.17) is 0 Å². The highest BCUT2D eigenvalue weighted by Crippen LogP contribution is 2.27. The zero-order valence-electron chi connectivity index (χ0n) is 9.38. The molecule has 1 rings (SSSR count). The van der Waals surface area contributed by atoms with E-state index in [1.54, 1.807) is 6.92 Å². The van der Waals surface area contributed by atoms with E-state index >= 15 is 0 Å². The van der Waals surface area contributed by atoms with Crippen LogP contribution in [-0.4, -0.2) is 18.9 Å². The van der Waals surface area contributed by atoms with E-state index in [9.17, 15) is 4.79 Å². The first-order valence-electron chi connectivity index (χ1n) is 5.15. The lowest BCUT2D eigenvalue weighted by Gasteiger charge is -2.22. The molecule has 0 unspecified atom stereocenters. The summed E-state index contributed by atoms with van der Waals surface area (Å²) < 4.78 is 0.985. The minimum Gasteiger partial charge on any atom is -0.371 e. The van der Waals surface area contributed by atoms with Crippen molar-refractivity contribution in [1.29, 1.82) is 0 Å². The minimum absolute atomic E-state index is 0.0989. The molecule has 0 N–H and O–H groups in total. The Balaban J connectivity index is 3.07. The second-order valence-electron chi connectivity index (χ2n) is 3.39. The van der Waals surface area contributed by atoms with Crippen LogP contribution in [0.1, 0.15) is 31.1 Å². The first kappa shape index (κ1) is 12.2. The average Bonchev–Trinajstić information content (AvgIpc) is 2.21. The zero-order valence-corrected chi connectivity index (χ0v) is 11.0. The standard InChI is InChI=1S/C12H16BrNO/c1-4-14(5-2)12-7-6-10(9(3)15)8-11(12)13/h6-8H,4-5H2,1-3H3. The molecule has 0 aliphatic heterocycles. The van der Waals surface area contributed by atoms with Crippen LogP contribution in [-0.2, 0) is 0 Å². The van der Waals surface area contributed by atoms with Crippen molar-refractivity contribution in [2.24, 2.45) is 0 Å². The van der Waals surface area contributed by atoms with Gasteiger partial charge in [0.1, 0.15) is 0 Å². The minimum atomic E-state index is 0.0989. The number of nitrogens with zero attached hydrogens (tertiary/aromatic N) is 1. The Morgan fingerprint density at radius 3 is 2.33 bits per heavy atom. The van der Waals surface area contributed by atoms with E-state index in [-0.39, 0.29) is 5.78 Å². The van der Waals surface area contributed by atoms with Gasteiger partial charge in [0.05, 0.1) is 5.69 Å². The van der Waals surface area contributed by atoms with Crippen molar-refractivity contribution in [3.63, 3.8) is 0 Å². The third-order valence-corrected chi connectivity index (χ3v) is 3.09. The summed E-state index contributed by atoms with van der Waals surface area (Å²) in [6.45, 7) is 7.76. The summed E-state index contributed by atoms with van der Waals surface area (Å²) in [6, 6.07) is 5.75. The number of ketones is 1. The molecule has 0 atom stereocenters. The van der Waals surface area contributed by atoms with Gasteiger partial charge in [0, 0.05) is 23.1 Å². The van der Waals surface area contributed by atoms with Crippen LogP contribution >= 0.6 is 15.9 Å². The molecule has 0 fully saturated rings. The van der Waals surface area contributed by atoms with Gasteiger partial charge in [-0.25, -0.2) is 0 Å². The SMILES string of the molecule is CCN(CC)c1ccc(C(C)=O)cc1Br. The van der Waals surface area contributed by atoms with Gasteiger partial charge in [0.15, 0.2) is 5.78 Å². The Kier molecular flexibility index (Phi) is 4.33. The lowest BCUT2D eigenvalue weighted by Crippen LogP contribution is -2.22. The van der Waals surface area contributed by atoms with Crippen molar-refractivity contribution >= 4 is 27.4 Å². The third kappa shape index (κ3) is 2.81. The molecule has 0 aromatic heterocycles. The largest absolute Gasteiger partial charge is 0.371 e. The fraction of sp³-hybridized carbons (Fsp3) is 0.417. The van der Waals surface area contributed by atoms with Crippen LogP contribution < -0.4 is 4.90 Å². The van der Waals surface area contributed by atoms with Crippen molar-refractivity contribution in [2.45, 2.75) is 20.8 Å². The summed E-state index contributed by atoms with van der Waals surface area (Å²) >= 11 is 3.50. The predicted octanol–water partition coefficient (Wildman–Crippen LogP) is 3.50. The highest BCUT2D eigenvalue weighted by molar-refractivity contribution is 9.10. The molecule has 1 aromatic carbocycles. The van der Waals surface area contributed by atoms with Crippen molar-refractivity contribution in [3.05, 3.63) is 28.2 Å². The Labute approximate surface area is 99.4 Å². The van der Waals surface area contributed by atoms with E-state index in [0.717, 1.165) is 28.8 Å². The second-order valence-corrected chi connectivity index (χ2v) is 4.25. The van der Waals surface area contributed by atoms with Gasteiger partial charge in [-0.3, -0.25) is 4.79 Å². The number of halogens is 1. The first-order chi connectivity index (χ1) is 7.10. The number of rotatable bonds is 4. The van der Waals surface area contributed by atoms with Crippen LogP contribution in [0.3, 0.4) is 0 Å². The maximum absolute atomic E-state index is 11.2. The third-order valence-electron chi connectivity index (χ3n) is 2.46. The normalized spacial score (nSPS) is 10.1. The number of hydrogen-bond acceptors (Lipinski definition) is 2. The molecule has 0 aliphatic rings. The van der Waals surface area contributed by atoms with Crippen LogP contribution in [0, 0.1) is 0 Å². The van der Waals surface area contributed by atoms with Crippen LogP contribution in [0.5, 0.6) is 0 Å². The van der Waals surface area contributed by atoms with E-state index in [2.05, 4.69) is 34.7 Å². The molecule has 0 aliphatic carbocycles. The molecule has 0 saturated heterocycles. The van der Waals surface area contributed by atoms with Gasteiger partial charge < -0.3 is 4.90 Å². The Morgan fingerprint density at radius 2 is 1.93 bits per heavy atom. The van der Waals surface area contributed by atoms with Gasteiger partial charge in [0.2, 0.25) is 0 Å². The summed E-state index contributed by atoms with van der Waals surface area (Å²) in [5.74, 6) is 0.0989.